The van der Waals surface area contributed by atoms with E-state index in [0.717, 1.165) is 6.42 Å². The molecular formula is C21H27F5O. The second-order valence-electron chi connectivity index (χ2n) is 7.97. The fraction of sp³-hybridized carbons (Fsp3) is 0.714. The van der Waals surface area contributed by atoms with Crippen molar-refractivity contribution < 1.29 is 26.7 Å². The zero-order valence-electron chi connectivity index (χ0n) is 15.8. The fourth-order valence-corrected chi connectivity index (χ4v) is 5.12. The first-order valence-electron chi connectivity index (χ1n) is 9.92. The quantitative estimate of drug-likeness (QED) is 0.511. The summed E-state index contributed by atoms with van der Waals surface area (Å²) in [6.45, 7) is 3.75. The Labute approximate surface area is 157 Å². The molecule has 5 atom stereocenters. The van der Waals surface area contributed by atoms with Crippen LogP contribution in [0.5, 0.6) is 5.75 Å². The van der Waals surface area contributed by atoms with Crippen molar-refractivity contribution in [1.82, 2.24) is 0 Å². The molecule has 2 aliphatic carbocycles. The summed E-state index contributed by atoms with van der Waals surface area (Å²) in [5, 5.41) is 0. The molecular weight excluding hydrogens is 363 g/mol. The molecule has 0 radical (unpaired) electrons. The van der Waals surface area contributed by atoms with Gasteiger partial charge in [-0.05, 0) is 62.0 Å². The SMILES string of the molecule is CCCC1CC2CCC(c3ccc(OCC)c(F)c3F)CC(F)(F)C2C1F. The number of benzene rings is 1. The lowest BCUT2D eigenvalue weighted by atomic mass is 9.86. The molecule has 2 fully saturated rings. The predicted octanol–water partition coefficient (Wildman–Crippen LogP) is 6.66. The van der Waals surface area contributed by atoms with Gasteiger partial charge in [-0.2, -0.15) is 4.39 Å². The van der Waals surface area contributed by atoms with E-state index in [1.165, 1.54) is 12.1 Å². The number of ether oxygens (including phenoxy) is 1. The van der Waals surface area contributed by atoms with Gasteiger partial charge in [0.05, 0.1) is 12.5 Å². The summed E-state index contributed by atoms with van der Waals surface area (Å²) in [6, 6.07) is 2.62. The molecule has 0 bridgehead atoms. The first-order chi connectivity index (χ1) is 12.8. The van der Waals surface area contributed by atoms with E-state index in [1.54, 1.807) is 6.92 Å². The van der Waals surface area contributed by atoms with Crippen LogP contribution in [0.25, 0.3) is 0 Å². The summed E-state index contributed by atoms with van der Waals surface area (Å²) in [6.07, 6.45) is 0.416. The molecule has 5 unspecified atom stereocenters. The van der Waals surface area contributed by atoms with Crippen molar-refractivity contribution in [2.75, 3.05) is 6.61 Å². The molecule has 2 aliphatic rings. The molecule has 0 aromatic heterocycles. The van der Waals surface area contributed by atoms with Crippen molar-refractivity contribution >= 4 is 0 Å². The second kappa shape index (κ2) is 7.96. The minimum absolute atomic E-state index is 0.0592. The van der Waals surface area contributed by atoms with E-state index >= 15 is 0 Å². The molecule has 1 aromatic rings. The van der Waals surface area contributed by atoms with Gasteiger partial charge >= 0.3 is 0 Å². The normalized spacial score (nSPS) is 32.8. The van der Waals surface area contributed by atoms with Crippen LogP contribution in [0.2, 0.25) is 0 Å². The van der Waals surface area contributed by atoms with Gasteiger partial charge in [0, 0.05) is 6.42 Å². The highest BCUT2D eigenvalue weighted by Gasteiger charge is 2.57. The lowest BCUT2D eigenvalue weighted by Gasteiger charge is -2.29. The number of halogens is 5. The first kappa shape index (κ1) is 20.4. The van der Waals surface area contributed by atoms with Crippen LogP contribution in [0.1, 0.15) is 63.9 Å². The molecule has 0 aliphatic heterocycles. The van der Waals surface area contributed by atoms with Crippen molar-refractivity contribution in [3.8, 4) is 5.75 Å². The van der Waals surface area contributed by atoms with Crippen molar-refractivity contribution in [2.45, 2.75) is 70.4 Å². The van der Waals surface area contributed by atoms with Crippen LogP contribution < -0.4 is 4.74 Å². The largest absolute Gasteiger partial charge is 0.491 e. The Morgan fingerprint density at radius 2 is 1.85 bits per heavy atom. The molecule has 3 rings (SSSR count). The summed E-state index contributed by atoms with van der Waals surface area (Å²) < 4.78 is 78.4. The van der Waals surface area contributed by atoms with Gasteiger partial charge in [0.25, 0.3) is 5.92 Å². The molecule has 1 aromatic carbocycles. The highest BCUT2D eigenvalue weighted by atomic mass is 19.3. The Morgan fingerprint density at radius 3 is 2.52 bits per heavy atom. The minimum Gasteiger partial charge on any atom is -0.491 e. The van der Waals surface area contributed by atoms with E-state index in [4.69, 9.17) is 4.74 Å². The fourth-order valence-electron chi connectivity index (χ4n) is 5.12. The maximum Gasteiger partial charge on any atom is 0.254 e. The van der Waals surface area contributed by atoms with Gasteiger partial charge in [0.2, 0.25) is 5.82 Å². The highest BCUT2D eigenvalue weighted by molar-refractivity contribution is 5.33. The van der Waals surface area contributed by atoms with Gasteiger partial charge in [-0.15, -0.1) is 0 Å². The van der Waals surface area contributed by atoms with E-state index in [1.807, 2.05) is 6.92 Å². The topological polar surface area (TPSA) is 9.23 Å². The third-order valence-electron chi connectivity index (χ3n) is 6.27. The lowest BCUT2D eigenvalue weighted by Crippen LogP contribution is -2.37. The Kier molecular flexibility index (Phi) is 6.02. The van der Waals surface area contributed by atoms with Crippen LogP contribution in [0.4, 0.5) is 22.0 Å². The molecule has 27 heavy (non-hydrogen) atoms. The molecule has 1 nitrogen and oxygen atoms in total. The first-order valence-corrected chi connectivity index (χ1v) is 9.92. The van der Waals surface area contributed by atoms with Crippen LogP contribution in [0.3, 0.4) is 0 Å². The van der Waals surface area contributed by atoms with Gasteiger partial charge < -0.3 is 4.74 Å². The molecule has 0 heterocycles. The molecule has 0 spiro atoms. The zero-order chi connectivity index (χ0) is 19.8. The molecule has 6 heteroatoms. The number of hydrogen-bond acceptors (Lipinski definition) is 1. The summed E-state index contributed by atoms with van der Waals surface area (Å²) >= 11 is 0. The van der Waals surface area contributed by atoms with E-state index in [9.17, 15) is 22.0 Å². The number of rotatable bonds is 5. The van der Waals surface area contributed by atoms with Crippen molar-refractivity contribution in [1.29, 1.82) is 0 Å². The van der Waals surface area contributed by atoms with Crippen LogP contribution in [-0.2, 0) is 0 Å². The van der Waals surface area contributed by atoms with Crippen LogP contribution in [0.15, 0.2) is 12.1 Å². The summed E-state index contributed by atoms with van der Waals surface area (Å²) in [5.74, 6) is -8.57. The van der Waals surface area contributed by atoms with Crippen molar-refractivity contribution in [2.24, 2.45) is 17.8 Å². The number of hydrogen-bond donors (Lipinski definition) is 0. The van der Waals surface area contributed by atoms with Gasteiger partial charge in [-0.3, -0.25) is 0 Å². The summed E-state index contributed by atoms with van der Waals surface area (Å²) in [5.41, 5.74) is -0.0592. The van der Waals surface area contributed by atoms with Gasteiger partial charge in [-0.25, -0.2) is 17.6 Å². The van der Waals surface area contributed by atoms with Gasteiger partial charge in [0.1, 0.15) is 6.17 Å². The molecule has 0 N–H and O–H groups in total. The van der Waals surface area contributed by atoms with Crippen molar-refractivity contribution in [3.63, 3.8) is 0 Å². The molecule has 0 amide bonds. The average molecular weight is 390 g/mol. The smallest absolute Gasteiger partial charge is 0.254 e. The standard InChI is InChI=1S/C21H27F5O/c1-3-5-13-10-12-6-7-14(11-21(25,26)17(12)18(13)22)15-8-9-16(27-4-2)20(24)19(15)23/h8-9,12-14,17-18H,3-7,10-11H2,1-2H3. The monoisotopic (exact) mass is 390 g/mol. The van der Waals surface area contributed by atoms with E-state index in [-0.39, 0.29) is 23.8 Å². The molecule has 2 saturated carbocycles. The second-order valence-corrected chi connectivity index (χ2v) is 7.97. The number of alkyl halides is 3. The Balaban J connectivity index is 1.85. The summed E-state index contributed by atoms with van der Waals surface area (Å²) in [7, 11) is 0. The Hall–Kier alpha value is -1.33. The molecule has 0 saturated heterocycles. The minimum atomic E-state index is -3.23. The van der Waals surface area contributed by atoms with Crippen LogP contribution in [0, 0.1) is 29.4 Å². The maximum atomic E-state index is 15.0. The van der Waals surface area contributed by atoms with Gasteiger partial charge in [-0.1, -0.05) is 19.4 Å². The van der Waals surface area contributed by atoms with E-state index in [2.05, 4.69) is 0 Å². The predicted molar refractivity (Wildman–Crippen MR) is 94.0 cm³/mol. The number of fused-ring (bicyclic) bond motifs is 1. The third-order valence-corrected chi connectivity index (χ3v) is 6.27. The third kappa shape index (κ3) is 3.81. The molecule has 152 valence electrons. The zero-order valence-corrected chi connectivity index (χ0v) is 15.8. The Bertz CT molecular complexity index is 662. The average Bonchev–Trinajstić information content (AvgIpc) is 2.86. The maximum absolute atomic E-state index is 15.0. The van der Waals surface area contributed by atoms with Crippen LogP contribution >= 0.6 is 0 Å². The van der Waals surface area contributed by atoms with E-state index in [0.29, 0.717) is 25.7 Å². The van der Waals surface area contributed by atoms with E-state index < -0.39 is 47.9 Å². The van der Waals surface area contributed by atoms with Crippen molar-refractivity contribution in [3.05, 3.63) is 29.3 Å². The summed E-state index contributed by atoms with van der Waals surface area (Å²) in [4.78, 5) is 0. The lowest BCUT2D eigenvalue weighted by molar-refractivity contribution is -0.0988. The Morgan fingerprint density at radius 1 is 1.11 bits per heavy atom. The highest BCUT2D eigenvalue weighted by Crippen LogP contribution is 2.55. The van der Waals surface area contributed by atoms with Gasteiger partial charge in [0.15, 0.2) is 11.6 Å². The van der Waals surface area contributed by atoms with Crippen LogP contribution in [-0.4, -0.2) is 18.7 Å².